The molecule has 108 valence electrons. The van der Waals surface area contributed by atoms with Gasteiger partial charge < -0.3 is 10.3 Å². The fraction of sp³-hybridized carbons (Fsp3) is 0.385. The predicted molar refractivity (Wildman–Crippen MR) is 65.6 cm³/mol. The molecule has 0 aliphatic carbocycles. The van der Waals surface area contributed by atoms with Crippen molar-refractivity contribution in [2.45, 2.75) is 31.5 Å². The molecule has 0 aliphatic heterocycles. The van der Waals surface area contributed by atoms with Crippen molar-refractivity contribution in [2.75, 3.05) is 0 Å². The minimum absolute atomic E-state index is 0.138. The molecule has 0 spiro atoms. The van der Waals surface area contributed by atoms with Crippen molar-refractivity contribution in [3.63, 3.8) is 0 Å². The van der Waals surface area contributed by atoms with Crippen LogP contribution in [0.15, 0.2) is 34.9 Å². The Morgan fingerprint density at radius 1 is 1.20 bits per heavy atom. The van der Waals surface area contributed by atoms with Gasteiger partial charge in [0.2, 0.25) is 0 Å². The summed E-state index contributed by atoms with van der Waals surface area (Å²) in [7, 11) is 0. The number of halogens is 3. The molecule has 2 aromatic rings. The van der Waals surface area contributed by atoms with Crippen LogP contribution < -0.4 is 5.73 Å². The summed E-state index contributed by atoms with van der Waals surface area (Å²) < 4.78 is 41.4. The first-order valence-corrected chi connectivity index (χ1v) is 6.03. The first kappa shape index (κ1) is 14.5. The van der Waals surface area contributed by atoms with Crippen LogP contribution in [-0.4, -0.2) is 10.1 Å². The molecule has 2 N–H and O–H groups in total. The number of rotatable bonds is 4. The van der Waals surface area contributed by atoms with Crippen LogP contribution in [0.4, 0.5) is 13.2 Å². The van der Waals surface area contributed by atoms with E-state index >= 15 is 0 Å². The molecule has 2 rings (SSSR count). The lowest BCUT2D eigenvalue weighted by Crippen LogP contribution is -2.35. The van der Waals surface area contributed by atoms with Gasteiger partial charge in [0.25, 0.3) is 0 Å². The summed E-state index contributed by atoms with van der Waals surface area (Å²) in [6, 6.07) is 9.51. The second kappa shape index (κ2) is 5.24. The smallest absolute Gasteiger partial charge is 0.329 e. The molecule has 4 nitrogen and oxygen atoms in total. The molecule has 1 atom stereocenters. The van der Waals surface area contributed by atoms with Gasteiger partial charge in [0.05, 0.1) is 5.54 Å². The molecule has 1 aromatic carbocycles. The van der Waals surface area contributed by atoms with E-state index in [1.807, 2.05) is 30.3 Å². The van der Waals surface area contributed by atoms with E-state index in [1.165, 1.54) is 0 Å². The second-order valence-corrected chi connectivity index (χ2v) is 4.82. The molecular formula is C13H14F3N3O. The molecule has 0 aliphatic rings. The normalized spacial score (nSPS) is 15.1. The van der Waals surface area contributed by atoms with E-state index in [0.717, 1.165) is 5.56 Å². The summed E-state index contributed by atoms with van der Waals surface area (Å²) in [5.74, 6) is -1.51. The Kier molecular flexibility index (Phi) is 3.80. The zero-order valence-electron chi connectivity index (χ0n) is 10.8. The molecule has 0 bridgehead atoms. The lowest BCUT2D eigenvalue weighted by molar-refractivity contribution is -0.159. The van der Waals surface area contributed by atoms with Gasteiger partial charge in [-0.15, -0.1) is 0 Å². The topological polar surface area (TPSA) is 64.9 Å². The number of benzene rings is 1. The molecule has 1 heterocycles. The number of aryl methyl sites for hydroxylation is 1. The SMILES string of the molecule is CC(N)(CCc1ccccc1)c1noc(C(F)(F)F)n1. The number of alkyl halides is 3. The van der Waals surface area contributed by atoms with Crippen LogP contribution in [0.2, 0.25) is 0 Å². The van der Waals surface area contributed by atoms with Gasteiger partial charge in [-0.1, -0.05) is 35.5 Å². The van der Waals surface area contributed by atoms with E-state index < -0.39 is 17.6 Å². The van der Waals surface area contributed by atoms with Crippen molar-refractivity contribution in [3.05, 3.63) is 47.6 Å². The minimum atomic E-state index is -4.65. The summed E-state index contributed by atoms with van der Waals surface area (Å²) >= 11 is 0. The molecule has 0 amide bonds. The van der Waals surface area contributed by atoms with Gasteiger partial charge in [-0.3, -0.25) is 0 Å². The highest BCUT2D eigenvalue weighted by atomic mass is 19.4. The fourth-order valence-corrected chi connectivity index (χ4v) is 1.73. The van der Waals surface area contributed by atoms with Crippen molar-refractivity contribution in [3.8, 4) is 0 Å². The number of hydrogen-bond acceptors (Lipinski definition) is 4. The third-order valence-corrected chi connectivity index (χ3v) is 2.96. The lowest BCUT2D eigenvalue weighted by Gasteiger charge is -2.20. The molecule has 7 heteroatoms. The Hall–Kier alpha value is -1.89. The molecule has 0 saturated heterocycles. The van der Waals surface area contributed by atoms with Gasteiger partial charge in [0, 0.05) is 0 Å². The van der Waals surface area contributed by atoms with Crippen molar-refractivity contribution >= 4 is 0 Å². The summed E-state index contributed by atoms with van der Waals surface area (Å²) in [4.78, 5) is 3.34. The summed E-state index contributed by atoms with van der Waals surface area (Å²) in [5, 5.41) is 3.34. The third kappa shape index (κ3) is 3.36. The van der Waals surface area contributed by atoms with E-state index in [4.69, 9.17) is 5.73 Å². The van der Waals surface area contributed by atoms with Gasteiger partial charge in [0.15, 0.2) is 5.82 Å². The number of nitrogens with two attached hydrogens (primary N) is 1. The zero-order chi connectivity index (χ0) is 14.8. The summed E-state index contributed by atoms with van der Waals surface area (Å²) in [5.41, 5.74) is 5.95. The monoisotopic (exact) mass is 285 g/mol. The maximum Gasteiger partial charge on any atom is 0.471 e. The Labute approximate surface area is 113 Å². The number of nitrogens with zero attached hydrogens (tertiary/aromatic N) is 2. The van der Waals surface area contributed by atoms with Gasteiger partial charge in [0.1, 0.15) is 0 Å². The quantitative estimate of drug-likeness (QED) is 0.938. The van der Waals surface area contributed by atoms with Crippen molar-refractivity contribution in [1.82, 2.24) is 10.1 Å². The van der Waals surface area contributed by atoms with E-state index in [1.54, 1.807) is 6.92 Å². The molecule has 0 fully saturated rings. The standard InChI is InChI=1S/C13H14F3N3O/c1-12(17,8-7-9-5-3-2-4-6-9)10-18-11(20-19-10)13(14,15)16/h2-6H,7-8,17H2,1H3. The van der Waals surface area contributed by atoms with Gasteiger partial charge in [-0.2, -0.15) is 18.2 Å². The Morgan fingerprint density at radius 3 is 2.40 bits per heavy atom. The van der Waals surface area contributed by atoms with Gasteiger partial charge >= 0.3 is 12.1 Å². The Balaban J connectivity index is 2.08. The first-order chi connectivity index (χ1) is 9.29. The average molecular weight is 285 g/mol. The molecule has 0 radical (unpaired) electrons. The van der Waals surface area contributed by atoms with Crippen molar-refractivity contribution in [2.24, 2.45) is 5.73 Å². The molecule has 20 heavy (non-hydrogen) atoms. The highest BCUT2D eigenvalue weighted by Crippen LogP contribution is 2.29. The Morgan fingerprint density at radius 2 is 1.85 bits per heavy atom. The average Bonchev–Trinajstić information content (AvgIpc) is 2.88. The van der Waals surface area contributed by atoms with Crippen LogP contribution in [0.5, 0.6) is 0 Å². The first-order valence-electron chi connectivity index (χ1n) is 6.03. The van der Waals surface area contributed by atoms with Crippen LogP contribution in [0.1, 0.15) is 30.6 Å². The number of hydrogen-bond donors (Lipinski definition) is 1. The predicted octanol–water partition coefficient (Wildman–Crippen LogP) is 2.90. The second-order valence-electron chi connectivity index (χ2n) is 4.82. The molecular weight excluding hydrogens is 271 g/mol. The van der Waals surface area contributed by atoms with Crippen molar-refractivity contribution in [1.29, 1.82) is 0 Å². The zero-order valence-corrected chi connectivity index (χ0v) is 10.8. The maximum absolute atomic E-state index is 12.4. The van der Waals surface area contributed by atoms with Crippen LogP contribution in [-0.2, 0) is 18.1 Å². The number of aromatic nitrogens is 2. The third-order valence-electron chi connectivity index (χ3n) is 2.96. The van der Waals surface area contributed by atoms with Crippen molar-refractivity contribution < 1.29 is 17.7 Å². The fourth-order valence-electron chi connectivity index (χ4n) is 1.73. The van der Waals surface area contributed by atoms with Crippen LogP contribution in [0.25, 0.3) is 0 Å². The van der Waals surface area contributed by atoms with E-state index in [0.29, 0.717) is 12.8 Å². The van der Waals surface area contributed by atoms with Gasteiger partial charge in [-0.05, 0) is 25.3 Å². The van der Waals surface area contributed by atoms with E-state index in [-0.39, 0.29) is 5.82 Å². The van der Waals surface area contributed by atoms with E-state index in [2.05, 4.69) is 14.7 Å². The minimum Gasteiger partial charge on any atom is -0.329 e. The van der Waals surface area contributed by atoms with E-state index in [9.17, 15) is 13.2 Å². The van der Waals surface area contributed by atoms with Crippen LogP contribution in [0.3, 0.4) is 0 Å². The molecule has 1 unspecified atom stereocenters. The lowest BCUT2D eigenvalue weighted by atomic mass is 9.93. The highest BCUT2D eigenvalue weighted by molar-refractivity contribution is 5.16. The Bertz CT molecular complexity index is 564. The maximum atomic E-state index is 12.4. The van der Waals surface area contributed by atoms with Crippen LogP contribution in [0, 0.1) is 0 Å². The largest absolute Gasteiger partial charge is 0.471 e. The summed E-state index contributed by atoms with van der Waals surface area (Å²) in [6.45, 7) is 1.58. The molecule has 1 aromatic heterocycles. The highest BCUT2D eigenvalue weighted by Gasteiger charge is 2.40. The van der Waals surface area contributed by atoms with Gasteiger partial charge in [-0.25, -0.2) is 0 Å². The van der Waals surface area contributed by atoms with Crippen LogP contribution >= 0.6 is 0 Å². The summed E-state index contributed by atoms with van der Waals surface area (Å²) in [6.07, 6.45) is -3.63. The molecule has 0 saturated carbocycles.